The summed E-state index contributed by atoms with van der Waals surface area (Å²) >= 11 is 0. The highest BCUT2D eigenvalue weighted by Gasteiger charge is 2.28. The molecule has 30 heavy (non-hydrogen) atoms. The summed E-state index contributed by atoms with van der Waals surface area (Å²) in [6.45, 7) is 10.7. The van der Waals surface area contributed by atoms with Gasteiger partial charge in [0, 0.05) is 45.9 Å². The predicted molar refractivity (Wildman–Crippen MR) is 132 cm³/mol. The van der Waals surface area contributed by atoms with Crippen molar-refractivity contribution in [3.05, 3.63) is 0 Å². The molecule has 0 atom stereocenters. The minimum absolute atomic E-state index is 0. The molecule has 0 spiro atoms. The zero-order chi connectivity index (χ0) is 21.1. The molecule has 0 aromatic rings. The molecule has 0 radical (unpaired) electrons. The van der Waals surface area contributed by atoms with Crippen molar-refractivity contribution in [3.8, 4) is 0 Å². The molecule has 8 nitrogen and oxygen atoms in total. The van der Waals surface area contributed by atoms with Crippen LogP contribution in [-0.4, -0.2) is 94.0 Å². The summed E-state index contributed by atoms with van der Waals surface area (Å²) in [4.78, 5) is 6.87. The number of nitrogens with zero attached hydrogens (tertiary/aromatic N) is 3. The molecule has 0 bridgehead atoms. The molecule has 1 heterocycles. The van der Waals surface area contributed by atoms with Crippen LogP contribution in [0, 0.1) is 0 Å². The Bertz CT molecular complexity index is 590. The minimum atomic E-state index is -3.27. The van der Waals surface area contributed by atoms with Gasteiger partial charge >= 0.3 is 0 Å². The van der Waals surface area contributed by atoms with E-state index in [1.165, 1.54) is 25.7 Å². The fourth-order valence-corrected chi connectivity index (χ4v) is 4.96. The van der Waals surface area contributed by atoms with E-state index in [2.05, 4.69) is 10.2 Å². The van der Waals surface area contributed by atoms with Gasteiger partial charge < -0.3 is 19.7 Å². The number of guanidine groups is 1. The Morgan fingerprint density at radius 2 is 1.80 bits per heavy atom. The van der Waals surface area contributed by atoms with Gasteiger partial charge in [-0.15, -0.1) is 24.0 Å². The van der Waals surface area contributed by atoms with Gasteiger partial charge in [0.05, 0.1) is 24.6 Å². The standard InChI is InChI=1S/C20H40N4O4S.HI/c1-4-21-20(22-10-7-15-28-19-8-5-6-9-19)23-11-13-24(14-12-23)29(25,26)17-16-27-18(2)3;/h18-19H,4-17H2,1-3H3,(H,21,22);1H. The van der Waals surface area contributed by atoms with Crippen LogP contribution in [-0.2, 0) is 19.5 Å². The quantitative estimate of drug-likeness (QED) is 0.181. The van der Waals surface area contributed by atoms with Crippen LogP contribution >= 0.6 is 24.0 Å². The number of hydrogen-bond acceptors (Lipinski definition) is 5. The second-order valence-electron chi connectivity index (χ2n) is 7.99. The van der Waals surface area contributed by atoms with Gasteiger partial charge in [-0.2, -0.15) is 4.31 Å². The lowest BCUT2D eigenvalue weighted by molar-refractivity contribution is 0.0579. The van der Waals surface area contributed by atoms with Crippen molar-refractivity contribution in [3.63, 3.8) is 0 Å². The highest BCUT2D eigenvalue weighted by atomic mass is 127. The summed E-state index contributed by atoms with van der Waals surface area (Å²) in [5, 5.41) is 3.33. The second kappa shape index (κ2) is 14.8. The van der Waals surface area contributed by atoms with Crippen molar-refractivity contribution in [2.24, 2.45) is 4.99 Å². The average molecular weight is 561 g/mol. The molecule has 0 amide bonds. The molecule has 1 saturated heterocycles. The van der Waals surface area contributed by atoms with Gasteiger partial charge in [0.1, 0.15) is 0 Å². The molecule has 2 fully saturated rings. The highest BCUT2D eigenvalue weighted by molar-refractivity contribution is 14.0. The Morgan fingerprint density at radius 1 is 1.13 bits per heavy atom. The number of hydrogen-bond donors (Lipinski definition) is 1. The van der Waals surface area contributed by atoms with E-state index in [1.54, 1.807) is 4.31 Å². The molecule has 2 aliphatic rings. The van der Waals surface area contributed by atoms with E-state index in [9.17, 15) is 8.42 Å². The van der Waals surface area contributed by atoms with Crippen molar-refractivity contribution < 1.29 is 17.9 Å². The third-order valence-electron chi connectivity index (χ3n) is 5.28. The predicted octanol–water partition coefficient (Wildman–Crippen LogP) is 2.29. The maximum absolute atomic E-state index is 12.5. The molecular formula is C20H41IN4O4S. The molecule has 1 saturated carbocycles. The number of halogens is 1. The Morgan fingerprint density at radius 3 is 2.40 bits per heavy atom. The Labute approximate surface area is 200 Å². The molecule has 0 aromatic carbocycles. The molecule has 0 aromatic heterocycles. The van der Waals surface area contributed by atoms with E-state index >= 15 is 0 Å². The maximum atomic E-state index is 12.5. The van der Waals surface area contributed by atoms with Crippen LogP contribution < -0.4 is 5.32 Å². The first kappa shape index (κ1) is 27.9. The number of aliphatic imine (C=N–C) groups is 1. The summed E-state index contributed by atoms with van der Waals surface area (Å²) in [5.74, 6) is 0.911. The van der Waals surface area contributed by atoms with Crippen molar-refractivity contribution in [1.29, 1.82) is 0 Å². The van der Waals surface area contributed by atoms with E-state index in [1.807, 2.05) is 20.8 Å². The third-order valence-corrected chi connectivity index (χ3v) is 7.11. The molecule has 10 heteroatoms. The van der Waals surface area contributed by atoms with Gasteiger partial charge in [-0.3, -0.25) is 4.99 Å². The first-order chi connectivity index (χ1) is 13.9. The largest absolute Gasteiger partial charge is 0.378 e. The summed E-state index contributed by atoms with van der Waals surface area (Å²) in [6.07, 6.45) is 6.39. The van der Waals surface area contributed by atoms with Crippen LogP contribution in [0.3, 0.4) is 0 Å². The molecule has 1 aliphatic heterocycles. The van der Waals surface area contributed by atoms with E-state index < -0.39 is 10.0 Å². The number of rotatable bonds is 11. The van der Waals surface area contributed by atoms with Gasteiger partial charge in [-0.25, -0.2) is 8.42 Å². The number of ether oxygens (including phenoxy) is 2. The van der Waals surface area contributed by atoms with Crippen LogP contribution in [0.1, 0.15) is 52.9 Å². The SMILES string of the molecule is CCNC(=NCCCOC1CCCC1)N1CCN(S(=O)(=O)CCOC(C)C)CC1.I. The van der Waals surface area contributed by atoms with Crippen LogP contribution in [0.5, 0.6) is 0 Å². The lowest BCUT2D eigenvalue weighted by Gasteiger charge is -2.36. The molecule has 1 aliphatic carbocycles. The van der Waals surface area contributed by atoms with Crippen LogP contribution in [0.4, 0.5) is 0 Å². The third kappa shape index (κ3) is 9.97. The number of piperazine rings is 1. The smallest absolute Gasteiger partial charge is 0.216 e. The van der Waals surface area contributed by atoms with Gasteiger partial charge in [0.15, 0.2) is 5.96 Å². The molecular weight excluding hydrogens is 519 g/mol. The van der Waals surface area contributed by atoms with E-state index in [0.29, 0.717) is 32.3 Å². The zero-order valence-corrected chi connectivity index (χ0v) is 22.0. The van der Waals surface area contributed by atoms with E-state index in [4.69, 9.17) is 14.5 Å². The van der Waals surface area contributed by atoms with E-state index in [0.717, 1.165) is 32.1 Å². The lowest BCUT2D eigenvalue weighted by Crippen LogP contribution is -2.54. The highest BCUT2D eigenvalue weighted by Crippen LogP contribution is 2.20. The first-order valence-electron chi connectivity index (χ1n) is 11.2. The topological polar surface area (TPSA) is 83.5 Å². The minimum Gasteiger partial charge on any atom is -0.378 e. The number of nitrogens with one attached hydrogen (secondary N) is 1. The van der Waals surface area contributed by atoms with Gasteiger partial charge in [-0.05, 0) is 40.0 Å². The monoisotopic (exact) mass is 560 g/mol. The van der Waals surface area contributed by atoms with Crippen molar-refractivity contribution in [2.75, 3.05) is 58.2 Å². The summed E-state index contributed by atoms with van der Waals surface area (Å²) in [7, 11) is -3.27. The fraction of sp³-hybridized carbons (Fsp3) is 0.950. The average Bonchev–Trinajstić information content (AvgIpc) is 3.20. The first-order valence-corrected chi connectivity index (χ1v) is 12.8. The zero-order valence-electron chi connectivity index (χ0n) is 18.8. The van der Waals surface area contributed by atoms with Gasteiger partial charge in [-0.1, -0.05) is 12.8 Å². The van der Waals surface area contributed by atoms with Crippen molar-refractivity contribution >= 4 is 40.0 Å². The van der Waals surface area contributed by atoms with Gasteiger partial charge in [0.2, 0.25) is 10.0 Å². The molecule has 1 N–H and O–H groups in total. The lowest BCUT2D eigenvalue weighted by atomic mass is 10.3. The summed E-state index contributed by atoms with van der Waals surface area (Å²) in [5.41, 5.74) is 0. The molecule has 178 valence electrons. The van der Waals surface area contributed by atoms with Crippen LogP contribution in [0.25, 0.3) is 0 Å². The number of sulfonamides is 1. The van der Waals surface area contributed by atoms with Gasteiger partial charge in [0.25, 0.3) is 0 Å². The van der Waals surface area contributed by atoms with Crippen molar-refractivity contribution in [2.45, 2.75) is 65.1 Å². The summed E-state index contributed by atoms with van der Waals surface area (Å²) < 4.78 is 37.9. The van der Waals surface area contributed by atoms with Crippen molar-refractivity contribution in [1.82, 2.24) is 14.5 Å². The summed E-state index contributed by atoms with van der Waals surface area (Å²) in [6, 6.07) is 0. The maximum Gasteiger partial charge on any atom is 0.216 e. The van der Waals surface area contributed by atoms with Crippen LogP contribution in [0.15, 0.2) is 4.99 Å². The Balaban J connectivity index is 0.00000450. The molecule has 2 rings (SSSR count). The Kier molecular flexibility index (Phi) is 13.8. The normalized spacial score (nSPS) is 19.3. The Hall–Kier alpha value is -0.170. The second-order valence-corrected chi connectivity index (χ2v) is 10.1. The van der Waals surface area contributed by atoms with E-state index in [-0.39, 0.29) is 42.4 Å². The fourth-order valence-electron chi connectivity index (χ4n) is 3.68. The molecule has 0 unspecified atom stereocenters. The van der Waals surface area contributed by atoms with Crippen LogP contribution in [0.2, 0.25) is 0 Å².